The van der Waals surface area contributed by atoms with E-state index in [1.165, 1.54) is 122 Å². The number of carbonyl (C=O) groups is 3. The zero-order valence-electron chi connectivity index (χ0n) is 46.5. The van der Waals surface area contributed by atoms with E-state index in [1.807, 2.05) is 0 Å². The summed E-state index contributed by atoms with van der Waals surface area (Å²) in [6.07, 6.45) is 78.2. The van der Waals surface area contributed by atoms with Gasteiger partial charge < -0.3 is 14.2 Å². The Morgan fingerprint density at radius 3 is 0.873 bits per heavy atom. The lowest BCUT2D eigenvalue weighted by atomic mass is 10.0. The predicted octanol–water partition coefficient (Wildman–Crippen LogP) is 20.1. The van der Waals surface area contributed by atoms with Gasteiger partial charge in [-0.1, -0.05) is 259 Å². The second-order valence-electron chi connectivity index (χ2n) is 19.5. The minimum absolute atomic E-state index is 0.0886. The number of hydrogen-bond acceptors (Lipinski definition) is 6. The Labute approximate surface area is 438 Å². The molecule has 71 heavy (non-hydrogen) atoms. The van der Waals surface area contributed by atoms with Gasteiger partial charge in [-0.25, -0.2) is 0 Å². The van der Waals surface area contributed by atoms with Crippen molar-refractivity contribution in [3.63, 3.8) is 0 Å². The first-order valence-corrected chi connectivity index (χ1v) is 29.7. The van der Waals surface area contributed by atoms with Crippen LogP contribution in [-0.4, -0.2) is 37.2 Å². The summed E-state index contributed by atoms with van der Waals surface area (Å²) in [5.74, 6) is -0.920. The van der Waals surface area contributed by atoms with Gasteiger partial charge in [-0.3, -0.25) is 14.4 Å². The molecular formula is C65H110O6. The van der Waals surface area contributed by atoms with Crippen LogP contribution in [0, 0.1) is 0 Å². The highest BCUT2D eigenvalue weighted by Gasteiger charge is 2.19. The number of ether oxygens (including phenoxy) is 3. The van der Waals surface area contributed by atoms with Gasteiger partial charge in [0.2, 0.25) is 0 Å². The van der Waals surface area contributed by atoms with Gasteiger partial charge in [-0.05, 0) is 96.3 Å². The third kappa shape index (κ3) is 57.1. The number of esters is 3. The molecule has 0 radical (unpaired) electrons. The van der Waals surface area contributed by atoms with Crippen molar-refractivity contribution in [2.24, 2.45) is 0 Å². The van der Waals surface area contributed by atoms with Gasteiger partial charge in [-0.2, -0.15) is 0 Å². The van der Waals surface area contributed by atoms with Crippen molar-refractivity contribution in [2.75, 3.05) is 13.2 Å². The summed E-state index contributed by atoms with van der Waals surface area (Å²) in [4.78, 5) is 38.2. The lowest BCUT2D eigenvalue weighted by molar-refractivity contribution is -0.167. The van der Waals surface area contributed by atoms with E-state index in [0.29, 0.717) is 19.3 Å². The first-order chi connectivity index (χ1) is 35.0. The average molecular weight is 988 g/mol. The topological polar surface area (TPSA) is 78.9 Å². The Hall–Kier alpha value is -3.67. The predicted molar refractivity (Wildman–Crippen MR) is 307 cm³/mol. The molecule has 0 saturated heterocycles. The summed E-state index contributed by atoms with van der Waals surface area (Å²) < 4.78 is 16.9. The van der Waals surface area contributed by atoms with Crippen molar-refractivity contribution in [1.29, 1.82) is 0 Å². The van der Waals surface area contributed by atoms with Crippen LogP contribution in [0.15, 0.2) is 97.2 Å². The minimum atomic E-state index is -0.794. The number of carbonyl (C=O) groups excluding carboxylic acids is 3. The smallest absolute Gasteiger partial charge is 0.306 e. The maximum absolute atomic E-state index is 12.9. The summed E-state index contributed by atoms with van der Waals surface area (Å²) in [7, 11) is 0. The van der Waals surface area contributed by atoms with E-state index in [-0.39, 0.29) is 31.1 Å². The van der Waals surface area contributed by atoms with Crippen LogP contribution in [0.1, 0.15) is 278 Å². The van der Waals surface area contributed by atoms with Crippen LogP contribution < -0.4 is 0 Å². The Kier molecular flexibility index (Phi) is 55.9. The Bertz CT molecular complexity index is 1410. The molecule has 0 aromatic carbocycles. The Balaban J connectivity index is 4.44. The highest BCUT2D eigenvalue weighted by molar-refractivity contribution is 5.71. The van der Waals surface area contributed by atoms with Crippen molar-refractivity contribution >= 4 is 17.9 Å². The van der Waals surface area contributed by atoms with E-state index in [0.717, 1.165) is 116 Å². The fraction of sp³-hybridized carbons (Fsp3) is 0.708. The molecule has 0 rings (SSSR count). The van der Waals surface area contributed by atoms with Crippen LogP contribution in [0.2, 0.25) is 0 Å². The van der Waals surface area contributed by atoms with Crippen molar-refractivity contribution in [3.05, 3.63) is 97.2 Å². The van der Waals surface area contributed by atoms with Gasteiger partial charge in [0.25, 0.3) is 0 Å². The van der Waals surface area contributed by atoms with Crippen LogP contribution in [0.25, 0.3) is 0 Å². The second-order valence-corrected chi connectivity index (χ2v) is 19.5. The molecule has 0 aliphatic heterocycles. The molecule has 0 heterocycles. The standard InChI is InChI=1S/C65H110O6/c1-4-7-10-13-16-19-22-25-28-30-32-34-37-40-43-46-49-52-55-58-64(67)70-61-62(60-69-63(66)57-54-51-48-45-42-39-36-27-24-21-18-15-12-9-6-3)71-65(68)59-56-53-50-47-44-41-38-35-33-31-29-26-23-20-17-14-11-8-5-2/h7-8,10-11,16-17,19-20,25-26,28-29,32,34,40,43,62H,4-6,9,12-15,18,21-24,27,30-31,33,35-39,41-42,44-61H2,1-3H3/b10-7-,11-8-,19-16-,20-17-,28-25-,29-26-,34-32-,43-40-. The van der Waals surface area contributed by atoms with Crippen LogP contribution in [0.4, 0.5) is 0 Å². The average Bonchev–Trinajstić information content (AvgIpc) is 3.37. The largest absolute Gasteiger partial charge is 0.462 e. The van der Waals surface area contributed by atoms with E-state index >= 15 is 0 Å². The van der Waals surface area contributed by atoms with Gasteiger partial charge in [-0.15, -0.1) is 0 Å². The molecule has 0 aliphatic rings. The number of rotatable bonds is 53. The van der Waals surface area contributed by atoms with Crippen LogP contribution in [-0.2, 0) is 28.6 Å². The molecule has 1 atom stereocenters. The van der Waals surface area contributed by atoms with Gasteiger partial charge in [0, 0.05) is 19.3 Å². The van der Waals surface area contributed by atoms with Gasteiger partial charge in [0.15, 0.2) is 6.10 Å². The van der Waals surface area contributed by atoms with Crippen molar-refractivity contribution < 1.29 is 28.6 Å². The Morgan fingerprint density at radius 2 is 0.549 bits per heavy atom. The van der Waals surface area contributed by atoms with E-state index in [2.05, 4.69) is 118 Å². The summed E-state index contributed by atoms with van der Waals surface area (Å²) in [5, 5.41) is 0. The summed E-state index contributed by atoms with van der Waals surface area (Å²) >= 11 is 0. The molecule has 6 heteroatoms. The number of allylic oxidation sites excluding steroid dienone is 16. The second kappa shape index (κ2) is 58.9. The fourth-order valence-electron chi connectivity index (χ4n) is 8.19. The normalized spacial score (nSPS) is 12.8. The third-order valence-electron chi connectivity index (χ3n) is 12.6. The molecule has 0 spiro atoms. The maximum atomic E-state index is 12.9. The first kappa shape index (κ1) is 67.3. The fourth-order valence-corrected chi connectivity index (χ4v) is 8.19. The van der Waals surface area contributed by atoms with Gasteiger partial charge >= 0.3 is 17.9 Å². The van der Waals surface area contributed by atoms with E-state index < -0.39 is 6.10 Å². The molecule has 1 unspecified atom stereocenters. The van der Waals surface area contributed by atoms with Crippen molar-refractivity contribution in [2.45, 2.75) is 284 Å². The molecule has 0 aliphatic carbocycles. The monoisotopic (exact) mass is 987 g/mol. The molecular weight excluding hydrogens is 877 g/mol. The molecule has 406 valence electrons. The molecule has 0 bridgehead atoms. The maximum Gasteiger partial charge on any atom is 0.306 e. The first-order valence-electron chi connectivity index (χ1n) is 29.7. The molecule has 0 aromatic heterocycles. The number of unbranched alkanes of at least 4 members (excludes halogenated alkanes) is 26. The highest BCUT2D eigenvalue weighted by Crippen LogP contribution is 2.16. The van der Waals surface area contributed by atoms with E-state index in [9.17, 15) is 14.4 Å². The molecule has 6 nitrogen and oxygen atoms in total. The number of hydrogen-bond donors (Lipinski definition) is 0. The van der Waals surface area contributed by atoms with Gasteiger partial charge in [0.05, 0.1) is 0 Å². The molecule has 0 amide bonds. The molecule has 0 N–H and O–H groups in total. The quantitative estimate of drug-likeness (QED) is 0.0261. The zero-order chi connectivity index (χ0) is 51.4. The molecule has 0 fully saturated rings. The van der Waals surface area contributed by atoms with E-state index in [4.69, 9.17) is 14.2 Å². The lowest BCUT2D eigenvalue weighted by Crippen LogP contribution is -2.30. The summed E-state index contributed by atoms with van der Waals surface area (Å²) in [5.41, 5.74) is 0. The summed E-state index contributed by atoms with van der Waals surface area (Å²) in [6, 6.07) is 0. The molecule has 0 saturated carbocycles. The molecule has 0 aromatic rings. The van der Waals surface area contributed by atoms with Crippen LogP contribution in [0.3, 0.4) is 0 Å². The Morgan fingerprint density at radius 1 is 0.296 bits per heavy atom. The SMILES string of the molecule is CC/C=C\C/C=C\C/C=C\C/C=C\C/C=C\CCCCCC(=O)OCC(COC(=O)CCCCCCCCCCCCCCCCC)OC(=O)CCCCCCCCCCC/C=C\C/C=C\C/C=C\CC. The zero-order valence-corrected chi connectivity index (χ0v) is 46.5. The highest BCUT2D eigenvalue weighted by atomic mass is 16.6. The van der Waals surface area contributed by atoms with Crippen LogP contribution >= 0.6 is 0 Å². The third-order valence-corrected chi connectivity index (χ3v) is 12.6. The van der Waals surface area contributed by atoms with Crippen molar-refractivity contribution in [1.82, 2.24) is 0 Å². The van der Waals surface area contributed by atoms with E-state index in [1.54, 1.807) is 0 Å². The minimum Gasteiger partial charge on any atom is -0.462 e. The van der Waals surface area contributed by atoms with Crippen LogP contribution in [0.5, 0.6) is 0 Å². The lowest BCUT2D eigenvalue weighted by Gasteiger charge is -2.18. The van der Waals surface area contributed by atoms with Crippen molar-refractivity contribution in [3.8, 4) is 0 Å². The van der Waals surface area contributed by atoms with Gasteiger partial charge in [0.1, 0.15) is 13.2 Å². The summed E-state index contributed by atoms with van der Waals surface area (Å²) in [6.45, 7) is 6.41.